The molecule has 3 rings (SSSR count). The van der Waals surface area contributed by atoms with Gasteiger partial charge in [0, 0.05) is 5.56 Å². The van der Waals surface area contributed by atoms with Crippen molar-refractivity contribution in [1.82, 2.24) is 10.4 Å². The van der Waals surface area contributed by atoms with Crippen LogP contribution >= 0.6 is 0 Å². The fraction of sp³-hybridized carbons (Fsp3) is 0.125. The van der Waals surface area contributed by atoms with Gasteiger partial charge < -0.3 is 0 Å². The van der Waals surface area contributed by atoms with Gasteiger partial charge in [-0.3, -0.25) is 19.7 Å². The SMILES string of the molecule is O=C(NO)c1ccc(CN2C(=O)c3ccccc3C2(F)F)cc1. The van der Waals surface area contributed by atoms with Gasteiger partial charge in [-0.15, -0.1) is 0 Å². The molecule has 0 bridgehead atoms. The number of nitrogens with one attached hydrogen (secondary N) is 1. The van der Waals surface area contributed by atoms with Gasteiger partial charge in [0.1, 0.15) is 0 Å². The minimum atomic E-state index is -3.38. The summed E-state index contributed by atoms with van der Waals surface area (Å²) in [5.41, 5.74) is 1.80. The lowest BCUT2D eigenvalue weighted by molar-refractivity contribution is -0.125. The Morgan fingerprint density at radius 3 is 2.39 bits per heavy atom. The molecule has 0 unspecified atom stereocenters. The number of hydrogen-bond donors (Lipinski definition) is 2. The number of halogens is 2. The second kappa shape index (κ2) is 5.44. The van der Waals surface area contributed by atoms with E-state index in [0.29, 0.717) is 10.5 Å². The van der Waals surface area contributed by atoms with Crippen LogP contribution in [0.5, 0.6) is 0 Å². The molecule has 0 saturated carbocycles. The van der Waals surface area contributed by atoms with Gasteiger partial charge in [-0.05, 0) is 23.8 Å². The lowest BCUT2D eigenvalue weighted by atomic mass is 10.1. The van der Waals surface area contributed by atoms with E-state index in [1.807, 2.05) is 0 Å². The molecule has 23 heavy (non-hydrogen) atoms. The largest absolute Gasteiger partial charge is 0.356 e. The van der Waals surface area contributed by atoms with Gasteiger partial charge in [-0.1, -0.05) is 30.3 Å². The Labute approximate surface area is 130 Å². The molecule has 0 aromatic heterocycles. The lowest BCUT2D eigenvalue weighted by Crippen LogP contribution is -2.36. The first-order valence-electron chi connectivity index (χ1n) is 6.78. The number of carbonyl (C=O) groups is 2. The highest BCUT2D eigenvalue weighted by molar-refractivity contribution is 5.99. The third-order valence-corrected chi connectivity index (χ3v) is 3.72. The standard InChI is InChI=1S/C16H12F2N2O3/c17-16(18)13-4-2-1-3-12(13)15(22)20(16)9-10-5-7-11(8-6-10)14(21)19-23/h1-8,23H,9H2,(H,19,21). The summed E-state index contributed by atoms with van der Waals surface area (Å²) < 4.78 is 28.8. The summed E-state index contributed by atoms with van der Waals surface area (Å²) in [6, 6.07) is 7.91. The maximum Gasteiger partial charge on any atom is 0.356 e. The van der Waals surface area contributed by atoms with E-state index in [9.17, 15) is 18.4 Å². The molecule has 1 aliphatic heterocycles. The molecule has 1 heterocycles. The van der Waals surface area contributed by atoms with Crippen LogP contribution in [0.25, 0.3) is 0 Å². The molecule has 1 aliphatic rings. The summed E-state index contributed by atoms with van der Waals surface area (Å²) in [5.74, 6) is -1.44. The van der Waals surface area contributed by atoms with Gasteiger partial charge in [-0.2, -0.15) is 8.78 Å². The molecule has 0 fully saturated rings. The number of nitrogens with zero attached hydrogens (tertiary/aromatic N) is 1. The maximum absolute atomic E-state index is 14.4. The minimum absolute atomic E-state index is 0.00576. The van der Waals surface area contributed by atoms with Crippen LogP contribution in [0.4, 0.5) is 8.78 Å². The van der Waals surface area contributed by atoms with Crippen molar-refractivity contribution < 1.29 is 23.6 Å². The summed E-state index contributed by atoms with van der Waals surface area (Å²) >= 11 is 0. The molecule has 118 valence electrons. The van der Waals surface area contributed by atoms with Gasteiger partial charge in [-0.25, -0.2) is 5.48 Å². The van der Waals surface area contributed by atoms with Gasteiger partial charge >= 0.3 is 6.05 Å². The van der Waals surface area contributed by atoms with E-state index in [2.05, 4.69) is 0 Å². The van der Waals surface area contributed by atoms with Gasteiger partial charge in [0.25, 0.3) is 11.8 Å². The van der Waals surface area contributed by atoms with Crippen LogP contribution in [0.15, 0.2) is 48.5 Å². The Hall–Kier alpha value is -2.80. The first-order chi connectivity index (χ1) is 10.9. The number of fused-ring (bicyclic) bond motifs is 1. The van der Waals surface area contributed by atoms with Crippen molar-refractivity contribution in [3.63, 3.8) is 0 Å². The Morgan fingerprint density at radius 2 is 1.78 bits per heavy atom. The molecule has 0 atom stereocenters. The van der Waals surface area contributed by atoms with E-state index in [4.69, 9.17) is 5.21 Å². The van der Waals surface area contributed by atoms with Crippen LogP contribution < -0.4 is 5.48 Å². The Kier molecular flexibility index (Phi) is 3.57. The highest BCUT2D eigenvalue weighted by atomic mass is 19.3. The average Bonchev–Trinajstić information content (AvgIpc) is 2.76. The predicted molar refractivity (Wildman–Crippen MR) is 75.9 cm³/mol. The quantitative estimate of drug-likeness (QED) is 0.519. The van der Waals surface area contributed by atoms with Crippen LogP contribution in [0.3, 0.4) is 0 Å². The first-order valence-corrected chi connectivity index (χ1v) is 6.78. The Bertz CT molecular complexity index is 775. The predicted octanol–water partition coefficient (Wildman–Crippen LogP) is 2.51. The third kappa shape index (κ3) is 2.44. The van der Waals surface area contributed by atoms with Crippen LogP contribution in [-0.2, 0) is 12.6 Å². The zero-order chi connectivity index (χ0) is 16.6. The molecule has 2 amide bonds. The number of carbonyl (C=O) groups excluding carboxylic acids is 2. The maximum atomic E-state index is 14.4. The fourth-order valence-corrected chi connectivity index (χ4v) is 2.53. The van der Waals surface area contributed by atoms with E-state index in [-0.39, 0.29) is 23.2 Å². The molecule has 2 aromatic carbocycles. The minimum Gasteiger partial charge on any atom is -0.288 e. The van der Waals surface area contributed by atoms with Gasteiger partial charge in [0.05, 0.1) is 17.7 Å². The first kappa shape index (κ1) is 15.1. The molecule has 0 spiro atoms. The number of amides is 2. The lowest BCUT2D eigenvalue weighted by Gasteiger charge is -2.24. The second-order valence-corrected chi connectivity index (χ2v) is 5.12. The summed E-state index contributed by atoms with van der Waals surface area (Å²) in [4.78, 5) is 23.9. The summed E-state index contributed by atoms with van der Waals surface area (Å²) in [7, 11) is 0. The van der Waals surface area contributed by atoms with E-state index in [0.717, 1.165) is 0 Å². The third-order valence-electron chi connectivity index (χ3n) is 3.72. The number of benzene rings is 2. The molecule has 0 saturated heterocycles. The van der Waals surface area contributed by atoms with Gasteiger partial charge in [0.2, 0.25) is 0 Å². The zero-order valence-corrected chi connectivity index (χ0v) is 11.8. The number of alkyl halides is 2. The summed E-state index contributed by atoms with van der Waals surface area (Å²) in [5, 5.41) is 8.54. The molecule has 2 aromatic rings. The molecular formula is C16H12F2N2O3. The van der Waals surface area contributed by atoms with Crippen molar-refractivity contribution in [2.24, 2.45) is 0 Å². The topological polar surface area (TPSA) is 69.6 Å². The van der Waals surface area contributed by atoms with Crippen molar-refractivity contribution >= 4 is 11.8 Å². The van der Waals surface area contributed by atoms with E-state index in [1.165, 1.54) is 47.9 Å². The Morgan fingerprint density at radius 1 is 1.13 bits per heavy atom. The van der Waals surface area contributed by atoms with Crippen molar-refractivity contribution in [2.75, 3.05) is 0 Å². The number of hydroxylamine groups is 1. The smallest absolute Gasteiger partial charge is 0.288 e. The molecule has 7 heteroatoms. The normalized spacial score (nSPS) is 15.4. The second-order valence-electron chi connectivity index (χ2n) is 5.12. The van der Waals surface area contributed by atoms with Crippen molar-refractivity contribution in [3.05, 3.63) is 70.8 Å². The van der Waals surface area contributed by atoms with Crippen molar-refractivity contribution in [3.8, 4) is 0 Å². The van der Waals surface area contributed by atoms with Gasteiger partial charge in [0.15, 0.2) is 0 Å². The molecule has 0 aliphatic carbocycles. The Balaban J connectivity index is 1.86. The summed E-state index contributed by atoms with van der Waals surface area (Å²) in [6.45, 7) is -0.290. The molecule has 0 radical (unpaired) electrons. The average molecular weight is 318 g/mol. The number of rotatable bonds is 3. The van der Waals surface area contributed by atoms with Crippen molar-refractivity contribution in [1.29, 1.82) is 0 Å². The fourth-order valence-electron chi connectivity index (χ4n) is 2.53. The van der Waals surface area contributed by atoms with Crippen molar-refractivity contribution in [2.45, 2.75) is 12.6 Å². The van der Waals surface area contributed by atoms with Crippen LogP contribution in [-0.4, -0.2) is 21.9 Å². The van der Waals surface area contributed by atoms with E-state index >= 15 is 0 Å². The highest BCUT2D eigenvalue weighted by Crippen LogP contribution is 2.42. The molecule has 2 N–H and O–H groups in total. The number of hydrogen-bond acceptors (Lipinski definition) is 3. The summed E-state index contributed by atoms with van der Waals surface area (Å²) in [6.07, 6.45) is 0. The molecule has 5 nitrogen and oxygen atoms in total. The monoisotopic (exact) mass is 318 g/mol. The zero-order valence-electron chi connectivity index (χ0n) is 11.8. The van der Waals surface area contributed by atoms with E-state index < -0.39 is 17.9 Å². The van der Waals surface area contributed by atoms with Crippen LogP contribution in [0.1, 0.15) is 31.8 Å². The van der Waals surface area contributed by atoms with Crippen LogP contribution in [0.2, 0.25) is 0 Å². The highest BCUT2D eigenvalue weighted by Gasteiger charge is 2.51. The van der Waals surface area contributed by atoms with Crippen LogP contribution in [0, 0.1) is 0 Å². The van der Waals surface area contributed by atoms with E-state index in [1.54, 1.807) is 6.07 Å². The molecular weight excluding hydrogens is 306 g/mol.